The molecule has 2 heterocycles. The van der Waals surface area contributed by atoms with Gasteiger partial charge in [-0.05, 0) is 75.3 Å². The molecule has 0 amide bonds. The Morgan fingerprint density at radius 3 is 2.08 bits per heavy atom. The van der Waals surface area contributed by atoms with Gasteiger partial charge in [-0.1, -0.05) is 72.6 Å². The quantitative estimate of drug-likeness (QED) is 0.252. The molecular weight excluding hydrogens is 459 g/mol. The molecular formula is C33H57NO3. The Hall–Kier alpha value is -1.26. The topological polar surface area (TPSA) is 41.9 Å². The summed E-state index contributed by atoms with van der Waals surface area (Å²) >= 11 is 0. The first kappa shape index (κ1) is 30.3. The summed E-state index contributed by atoms with van der Waals surface area (Å²) in [6, 6.07) is 0. The zero-order valence-corrected chi connectivity index (χ0v) is 25.3. The molecule has 1 aromatic rings. The fourth-order valence-corrected chi connectivity index (χ4v) is 6.30. The Labute approximate surface area is 228 Å². The Kier molecular flexibility index (Phi) is 11.6. The first-order valence-electron chi connectivity index (χ1n) is 15.4. The van der Waals surface area contributed by atoms with Crippen LogP contribution in [0.2, 0.25) is 0 Å². The van der Waals surface area contributed by atoms with Gasteiger partial charge in [-0.2, -0.15) is 0 Å². The molecule has 0 spiro atoms. The van der Waals surface area contributed by atoms with Gasteiger partial charge in [0, 0.05) is 30.8 Å². The summed E-state index contributed by atoms with van der Waals surface area (Å²) in [6.45, 7) is 20.2. The van der Waals surface area contributed by atoms with Crippen LogP contribution in [0.5, 0.6) is 11.5 Å². The van der Waals surface area contributed by atoms with Gasteiger partial charge in [0.05, 0.1) is 13.2 Å². The first-order valence-corrected chi connectivity index (χ1v) is 15.4. The summed E-state index contributed by atoms with van der Waals surface area (Å²) in [7, 11) is 0. The third kappa shape index (κ3) is 8.88. The second-order valence-corrected chi connectivity index (χ2v) is 13.2. The van der Waals surface area contributed by atoms with E-state index < -0.39 is 0 Å². The van der Waals surface area contributed by atoms with Gasteiger partial charge in [0.2, 0.25) is 0 Å². The standard InChI is InChI=1S/C33H57NO3/c1-24(2)11-8-12-25(3)13-9-14-26(4)15-10-17-33(7)18-16-29-30(23-34-19-21-36-22-20-34)31(35)27(5)28(6)32(29)37-33/h24-26,35H,8-23H2,1-7H3/t25-,26-,33-/m1/s1/i23+1. The normalized spacial score (nSPS) is 22.1. The number of rotatable bonds is 14. The minimum atomic E-state index is -0.109. The van der Waals surface area contributed by atoms with Crippen molar-refractivity contribution in [2.75, 3.05) is 26.3 Å². The first-order chi connectivity index (χ1) is 17.6. The highest BCUT2D eigenvalue weighted by Crippen LogP contribution is 2.45. The van der Waals surface area contributed by atoms with Crippen molar-refractivity contribution in [2.45, 2.75) is 131 Å². The lowest BCUT2D eigenvalue weighted by Crippen LogP contribution is -2.38. The molecule has 0 unspecified atom stereocenters. The molecule has 1 aromatic carbocycles. The van der Waals surface area contributed by atoms with Gasteiger partial charge in [0.15, 0.2) is 0 Å². The minimum Gasteiger partial charge on any atom is -0.507 e. The summed E-state index contributed by atoms with van der Waals surface area (Å²) in [6.07, 6.45) is 13.9. The number of fused-ring (bicyclic) bond motifs is 1. The van der Waals surface area contributed by atoms with Crippen molar-refractivity contribution in [3.8, 4) is 11.5 Å². The number of phenols is 1. The maximum atomic E-state index is 11.1. The molecule has 4 nitrogen and oxygen atoms in total. The van der Waals surface area contributed by atoms with Crippen LogP contribution >= 0.6 is 0 Å². The van der Waals surface area contributed by atoms with Crippen LogP contribution < -0.4 is 4.74 Å². The molecule has 2 aliphatic heterocycles. The molecule has 0 radical (unpaired) electrons. The Morgan fingerprint density at radius 1 is 0.865 bits per heavy atom. The predicted octanol–water partition coefficient (Wildman–Crippen LogP) is 8.36. The van der Waals surface area contributed by atoms with E-state index in [0.29, 0.717) is 5.75 Å². The Bertz CT molecular complexity index is 845. The molecule has 212 valence electrons. The van der Waals surface area contributed by atoms with Crippen LogP contribution in [0.25, 0.3) is 0 Å². The number of hydrogen-bond acceptors (Lipinski definition) is 4. The lowest BCUT2D eigenvalue weighted by Gasteiger charge is -2.39. The molecule has 0 aliphatic carbocycles. The molecule has 1 saturated heterocycles. The SMILES string of the molecule is Cc1c(C)c2c(c([13CH2]N3CCOCC3)c1O)CC[C@@](C)(CCC[C@H](C)CCC[C@H](C)CCCC(C)C)O2. The van der Waals surface area contributed by atoms with Crippen LogP contribution in [0.15, 0.2) is 0 Å². The second kappa shape index (κ2) is 14.2. The van der Waals surface area contributed by atoms with Crippen molar-refractivity contribution >= 4 is 0 Å². The van der Waals surface area contributed by atoms with E-state index in [0.717, 1.165) is 92.3 Å². The van der Waals surface area contributed by atoms with Crippen LogP contribution in [0, 0.1) is 31.6 Å². The molecule has 4 heteroatoms. The van der Waals surface area contributed by atoms with E-state index >= 15 is 0 Å². The molecule has 3 rings (SSSR count). The van der Waals surface area contributed by atoms with E-state index in [9.17, 15) is 5.11 Å². The fourth-order valence-electron chi connectivity index (χ4n) is 6.30. The maximum Gasteiger partial charge on any atom is 0.127 e. The fraction of sp³-hybridized carbons (Fsp3) is 0.818. The number of benzene rings is 1. The zero-order valence-electron chi connectivity index (χ0n) is 25.3. The minimum absolute atomic E-state index is 0.109. The monoisotopic (exact) mass is 516 g/mol. The van der Waals surface area contributed by atoms with E-state index in [4.69, 9.17) is 9.47 Å². The molecule has 0 aromatic heterocycles. The smallest absolute Gasteiger partial charge is 0.127 e. The molecule has 0 saturated carbocycles. The summed E-state index contributed by atoms with van der Waals surface area (Å²) < 4.78 is 12.3. The summed E-state index contributed by atoms with van der Waals surface area (Å²) in [5.41, 5.74) is 4.29. The summed E-state index contributed by atoms with van der Waals surface area (Å²) in [5.74, 6) is 4.03. The summed E-state index contributed by atoms with van der Waals surface area (Å²) in [5, 5.41) is 11.1. The number of nitrogens with zero attached hydrogens (tertiary/aromatic N) is 1. The molecule has 2 aliphatic rings. The summed E-state index contributed by atoms with van der Waals surface area (Å²) in [4.78, 5) is 2.40. The van der Waals surface area contributed by atoms with Gasteiger partial charge in [0.25, 0.3) is 0 Å². The molecule has 1 N–H and O–H groups in total. The van der Waals surface area contributed by atoms with E-state index in [1.807, 2.05) is 6.92 Å². The van der Waals surface area contributed by atoms with E-state index in [-0.39, 0.29) is 5.60 Å². The van der Waals surface area contributed by atoms with E-state index in [2.05, 4.69) is 46.4 Å². The highest BCUT2D eigenvalue weighted by molar-refractivity contribution is 5.59. The van der Waals surface area contributed by atoms with Gasteiger partial charge < -0.3 is 14.6 Å². The van der Waals surface area contributed by atoms with Gasteiger partial charge >= 0.3 is 0 Å². The average Bonchev–Trinajstić information content (AvgIpc) is 2.86. The van der Waals surface area contributed by atoms with Crippen LogP contribution in [-0.4, -0.2) is 41.9 Å². The number of ether oxygens (including phenoxy) is 2. The zero-order chi connectivity index (χ0) is 27.0. The largest absolute Gasteiger partial charge is 0.507 e. The third-order valence-corrected chi connectivity index (χ3v) is 9.20. The molecule has 3 atom stereocenters. The van der Waals surface area contributed by atoms with Gasteiger partial charge in [-0.25, -0.2) is 0 Å². The highest BCUT2D eigenvalue weighted by atomic mass is 16.5. The number of morpholine rings is 1. The highest BCUT2D eigenvalue weighted by Gasteiger charge is 2.35. The number of hydrogen-bond donors (Lipinski definition) is 1. The third-order valence-electron chi connectivity index (χ3n) is 9.20. The van der Waals surface area contributed by atoms with Crippen LogP contribution in [0.3, 0.4) is 0 Å². The van der Waals surface area contributed by atoms with Crippen molar-refractivity contribution in [1.82, 2.24) is 4.90 Å². The average molecular weight is 517 g/mol. The van der Waals surface area contributed by atoms with Crippen LogP contribution in [0.1, 0.15) is 121 Å². The Morgan fingerprint density at radius 2 is 1.46 bits per heavy atom. The van der Waals surface area contributed by atoms with Crippen molar-refractivity contribution in [3.63, 3.8) is 0 Å². The lowest BCUT2D eigenvalue weighted by molar-refractivity contribution is 0.0324. The van der Waals surface area contributed by atoms with Crippen LogP contribution in [-0.2, 0) is 17.7 Å². The number of phenolic OH excluding ortho intramolecular Hbond substituents is 1. The van der Waals surface area contributed by atoms with Crippen molar-refractivity contribution in [1.29, 1.82) is 0 Å². The van der Waals surface area contributed by atoms with Crippen molar-refractivity contribution in [2.24, 2.45) is 17.8 Å². The number of aromatic hydroxyl groups is 1. The lowest BCUT2D eigenvalue weighted by atomic mass is 9.84. The molecule has 37 heavy (non-hydrogen) atoms. The van der Waals surface area contributed by atoms with Gasteiger partial charge in [-0.3, -0.25) is 4.90 Å². The molecule has 1 fully saturated rings. The Balaban J connectivity index is 1.49. The van der Waals surface area contributed by atoms with E-state index in [1.165, 1.54) is 56.9 Å². The van der Waals surface area contributed by atoms with Crippen LogP contribution in [0.4, 0.5) is 0 Å². The van der Waals surface area contributed by atoms with E-state index in [1.54, 1.807) is 0 Å². The maximum absolute atomic E-state index is 11.1. The van der Waals surface area contributed by atoms with Crippen molar-refractivity contribution in [3.05, 3.63) is 22.3 Å². The van der Waals surface area contributed by atoms with Gasteiger partial charge in [-0.15, -0.1) is 0 Å². The second-order valence-electron chi connectivity index (χ2n) is 13.2. The predicted molar refractivity (Wildman–Crippen MR) is 156 cm³/mol. The van der Waals surface area contributed by atoms with Gasteiger partial charge in [0.1, 0.15) is 17.1 Å². The van der Waals surface area contributed by atoms with Crippen molar-refractivity contribution < 1.29 is 14.6 Å². The molecule has 0 bridgehead atoms.